The molecule has 2 fully saturated rings. The van der Waals surface area contributed by atoms with E-state index in [1.807, 2.05) is 49.1 Å². The van der Waals surface area contributed by atoms with E-state index in [4.69, 9.17) is 9.47 Å². The van der Waals surface area contributed by atoms with Gasteiger partial charge < -0.3 is 19.3 Å². The highest BCUT2D eigenvalue weighted by atomic mass is 16.5. The number of likely N-dealkylation sites (tertiary alicyclic amines) is 1. The molecule has 0 radical (unpaired) electrons. The second-order valence-corrected chi connectivity index (χ2v) is 8.14. The van der Waals surface area contributed by atoms with E-state index >= 15 is 0 Å². The number of piperidine rings is 1. The number of nitrogens with zero attached hydrogens (tertiary/aromatic N) is 4. The predicted molar refractivity (Wildman–Crippen MR) is 115 cm³/mol. The van der Waals surface area contributed by atoms with E-state index in [-0.39, 0.29) is 30.3 Å². The Balaban J connectivity index is 1.31. The second-order valence-electron chi connectivity index (χ2n) is 8.14. The Hall–Kier alpha value is -3.16. The zero-order chi connectivity index (χ0) is 22.0. The van der Waals surface area contributed by atoms with E-state index in [1.54, 1.807) is 12.0 Å². The van der Waals surface area contributed by atoms with Crippen molar-refractivity contribution >= 4 is 17.5 Å². The molecule has 0 aliphatic carbocycles. The smallest absolute Gasteiger partial charge is 0.228 e. The van der Waals surface area contributed by atoms with Crippen LogP contribution in [0.5, 0.6) is 11.6 Å². The van der Waals surface area contributed by atoms with Gasteiger partial charge in [0.25, 0.3) is 0 Å². The van der Waals surface area contributed by atoms with Gasteiger partial charge in [-0.15, -0.1) is 0 Å². The summed E-state index contributed by atoms with van der Waals surface area (Å²) in [5.41, 5.74) is 1.67. The molecule has 1 aromatic carbocycles. The Morgan fingerprint density at radius 1 is 1.10 bits per heavy atom. The Kier molecular flexibility index (Phi) is 6.06. The zero-order valence-corrected chi connectivity index (χ0v) is 18.2. The SMILES string of the molecule is COc1ccc(N2CC(C(=O)N3CCC(Oc4cc(C)nc(C)n4)CC3)CC2=O)cc1. The van der Waals surface area contributed by atoms with Gasteiger partial charge in [0.05, 0.1) is 13.0 Å². The van der Waals surface area contributed by atoms with Crippen LogP contribution in [-0.4, -0.2) is 59.5 Å². The van der Waals surface area contributed by atoms with E-state index in [0.717, 1.165) is 30.0 Å². The molecule has 0 N–H and O–H groups in total. The summed E-state index contributed by atoms with van der Waals surface area (Å²) in [7, 11) is 1.61. The Morgan fingerprint density at radius 2 is 1.81 bits per heavy atom. The third-order valence-corrected chi connectivity index (χ3v) is 5.84. The number of rotatable bonds is 5. The monoisotopic (exact) mass is 424 g/mol. The quantitative estimate of drug-likeness (QED) is 0.733. The number of aryl methyl sites for hydroxylation is 2. The minimum Gasteiger partial charge on any atom is -0.497 e. The normalized spacial score (nSPS) is 19.6. The van der Waals surface area contributed by atoms with Gasteiger partial charge in [0.2, 0.25) is 17.7 Å². The highest BCUT2D eigenvalue weighted by Crippen LogP contribution is 2.29. The van der Waals surface area contributed by atoms with E-state index in [2.05, 4.69) is 9.97 Å². The van der Waals surface area contributed by atoms with Crippen molar-refractivity contribution in [1.82, 2.24) is 14.9 Å². The lowest BCUT2D eigenvalue weighted by Gasteiger charge is -2.33. The van der Waals surface area contributed by atoms with Crippen molar-refractivity contribution in [1.29, 1.82) is 0 Å². The number of aromatic nitrogens is 2. The minimum atomic E-state index is -0.306. The van der Waals surface area contributed by atoms with E-state index in [0.29, 0.717) is 31.3 Å². The lowest BCUT2D eigenvalue weighted by molar-refractivity contribution is -0.137. The van der Waals surface area contributed by atoms with Gasteiger partial charge in [0.15, 0.2) is 0 Å². The number of methoxy groups -OCH3 is 1. The van der Waals surface area contributed by atoms with Crippen LogP contribution >= 0.6 is 0 Å². The summed E-state index contributed by atoms with van der Waals surface area (Å²) in [4.78, 5) is 37.7. The van der Waals surface area contributed by atoms with Gasteiger partial charge in [-0.3, -0.25) is 9.59 Å². The fourth-order valence-corrected chi connectivity index (χ4v) is 4.25. The minimum absolute atomic E-state index is 0.0174. The van der Waals surface area contributed by atoms with Crippen LogP contribution in [0.4, 0.5) is 5.69 Å². The first-order valence-electron chi connectivity index (χ1n) is 10.6. The van der Waals surface area contributed by atoms with E-state index < -0.39 is 0 Å². The van der Waals surface area contributed by atoms with Crippen molar-refractivity contribution in [2.75, 3.05) is 31.6 Å². The average molecular weight is 425 g/mol. The van der Waals surface area contributed by atoms with Gasteiger partial charge in [-0.25, -0.2) is 4.98 Å². The number of carbonyl (C=O) groups is 2. The van der Waals surface area contributed by atoms with Crippen LogP contribution in [0.25, 0.3) is 0 Å². The van der Waals surface area contributed by atoms with Crippen LogP contribution in [0, 0.1) is 19.8 Å². The molecule has 2 aliphatic rings. The molecule has 2 saturated heterocycles. The van der Waals surface area contributed by atoms with Crippen LogP contribution in [-0.2, 0) is 9.59 Å². The third-order valence-electron chi connectivity index (χ3n) is 5.84. The number of hydrogen-bond donors (Lipinski definition) is 0. The topological polar surface area (TPSA) is 84.9 Å². The van der Waals surface area contributed by atoms with Crippen molar-refractivity contribution < 1.29 is 19.1 Å². The molecule has 8 heteroatoms. The molecule has 3 heterocycles. The maximum absolute atomic E-state index is 13.0. The number of amides is 2. The lowest BCUT2D eigenvalue weighted by Crippen LogP contribution is -2.45. The molecule has 1 aromatic heterocycles. The summed E-state index contributed by atoms with van der Waals surface area (Å²) >= 11 is 0. The molecule has 0 bridgehead atoms. The number of hydrogen-bond acceptors (Lipinski definition) is 6. The largest absolute Gasteiger partial charge is 0.497 e. The van der Waals surface area contributed by atoms with Crippen LogP contribution in [0.2, 0.25) is 0 Å². The van der Waals surface area contributed by atoms with Gasteiger partial charge in [-0.2, -0.15) is 4.98 Å². The number of ether oxygens (including phenoxy) is 2. The third kappa shape index (κ3) is 4.78. The van der Waals surface area contributed by atoms with Gasteiger partial charge >= 0.3 is 0 Å². The summed E-state index contributed by atoms with van der Waals surface area (Å²) in [5, 5.41) is 0. The molecule has 2 amide bonds. The Bertz CT molecular complexity index is 934. The lowest BCUT2D eigenvalue weighted by atomic mass is 10.0. The predicted octanol–water partition coefficient (Wildman–Crippen LogP) is 2.52. The summed E-state index contributed by atoms with van der Waals surface area (Å²) in [6.07, 6.45) is 1.77. The highest BCUT2D eigenvalue weighted by Gasteiger charge is 2.38. The standard InChI is InChI=1S/C23H28N4O4/c1-15-12-21(25-16(2)24-15)31-20-8-10-26(11-9-20)23(29)17-13-22(28)27(14-17)18-4-6-19(30-3)7-5-18/h4-7,12,17,20H,8-11,13-14H2,1-3H3. The first kappa shape index (κ1) is 21.1. The average Bonchev–Trinajstić information content (AvgIpc) is 3.15. The molecule has 31 heavy (non-hydrogen) atoms. The van der Waals surface area contributed by atoms with Crippen molar-refractivity contribution in [3.63, 3.8) is 0 Å². The molecule has 0 saturated carbocycles. The fraction of sp³-hybridized carbons (Fsp3) is 0.478. The summed E-state index contributed by atoms with van der Waals surface area (Å²) in [6, 6.07) is 9.18. The van der Waals surface area contributed by atoms with Gasteiger partial charge in [-0.1, -0.05) is 0 Å². The first-order valence-corrected chi connectivity index (χ1v) is 10.6. The highest BCUT2D eigenvalue weighted by molar-refractivity contribution is 6.00. The molecule has 1 unspecified atom stereocenters. The Labute approximate surface area is 182 Å². The van der Waals surface area contributed by atoms with E-state index in [9.17, 15) is 9.59 Å². The van der Waals surface area contributed by atoms with Gasteiger partial charge in [0.1, 0.15) is 17.7 Å². The van der Waals surface area contributed by atoms with Gasteiger partial charge in [-0.05, 0) is 38.1 Å². The molecule has 4 rings (SSSR count). The molecule has 2 aliphatic heterocycles. The molecule has 2 aromatic rings. The molecule has 8 nitrogen and oxygen atoms in total. The van der Waals surface area contributed by atoms with Crippen molar-refractivity contribution in [2.24, 2.45) is 5.92 Å². The summed E-state index contributed by atoms with van der Waals surface area (Å²) in [6.45, 7) is 5.43. The van der Waals surface area contributed by atoms with E-state index in [1.165, 1.54) is 0 Å². The zero-order valence-electron chi connectivity index (χ0n) is 18.2. The van der Waals surface area contributed by atoms with Crippen LogP contribution in [0.15, 0.2) is 30.3 Å². The first-order chi connectivity index (χ1) is 14.9. The second kappa shape index (κ2) is 8.91. The van der Waals surface area contributed by atoms with Crippen LogP contribution in [0.1, 0.15) is 30.8 Å². The van der Waals surface area contributed by atoms with Crippen molar-refractivity contribution in [3.8, 4) is 11.6 Å². The number of anilines is 1. The molecular formula is C23H28N4O4. The molecular weight excluding hydrogens is 396 g/mol. The molecule has 1 atom stereocenters. The van der Waals surface area contributed by atoms with Crippen LogP contribution < -0.4 is 14.4 Å². The maximum atomic E-state index is 13.0. The Morgan fingerprint density at radius 3 is 2.45 bits per heavy atom. The van der Waals surface area contributed by atoms with Crippen molar-refractivity contribution in [3.05, 3.63) is 41.9 Å². The van der Waals surface area contributed by atoms with Crippen molar-refractivity contribution in [2.45, 2.75) is 39.2 Å². The summed E-state index contributed by atoms with van der Waals surface area (Å²) < 4.78 is 11.2. The van der Waals surface area contributed by atoms with Gasteiger partial charge in [0, 0.05) is 56.3 Å². The molecule has 164 valence electrons. The summed E-state index contributed by atoms with van der Waals surface area (Å²) in [5.74, 6) is 1.74. The fourth-order valence-electron chi connectivity index (χ4n) is 4.25. The van der Waals surface area contributed by atoms with Crippen LogP contribution in [0.3, 0.4) is 0 Å². The number of carbonyl (C=O) groups excluding carboxylic acids is 2. The maximum Gasteiger partial charge on any atom is 0.228 e. The number of benzene rings is 1. The molecule has 0 spiro atoms.